The van der Waals surface area contributed by atoms with Crippen LogP contribution in [0.25, 0.3) is 0 Å². The maximum Gasteiger partial charge on any atom is 0.238 e. The topological polar surface area (TPSA) is 56.4 Å². The van der Waals surface area contributed by atoms with Crippen LogP contribution in [0.5, 0.6) is 0 Å². The number of rotatable bonds is 7. The van der Waals surface area contributed by atoms with E-state index in [9.17, 15) is 4.79 Å². The quantitative estimate of drug-likeness (QED) is 0.664. The molecule has 0 spiro atoms. The number of carbonyl (C=O) groups is 1. The summed E-state index contributed by atoms with van der Waals surface area (Å²) in [6, 6.07) is 8.46. The van der Waals surface area contributed by atoms with Crippen LogP contribution < -0.4 is 16.0 Å². The summed E-state index contributed by atoms with van der Waals surface area (Å²) in [5.74, 6) is 0.746. The summed E-state index contributed by atoms with van der Waals surface area (Å²) < 4.78 is 0. The van der Waals surface area contributed by atoms with Gasteiger partial charge >= 0.3 is 0 Å². The van der Waals surface area contributed by atoms with Crippen molar-refractivity contribution in [1.29, 1.82) is 0 Å². The molecule has 0 bridgehead atoms. The van der Waals surface area contributed by atoms with Gasteiger partial charge in [-0.05, 0) is 36.5 Å². The summed E-state index contributed by atoms with van der Waals surface area (Å²) in [5.41, 5.74) is 2.32. The van der Waals surface area contributed by atoms with E-state index in [1.54, 1.807) is 0 Å². The highest BCUT2D eigenvalue weighted by Gasteiger charge is 2.15. The fourth-order valence-corrected chi connectivity index (χ4v) is 3.85. The molecule has 0 unspecified atom stereocenters. The van der Waals surface area contributed by atoms with Crippen LogP contribution in [0.1, 0.15) is 43.6 Å². The molecule has 1 aromatic carbocycles. The summed E-state index contributed by atoms with van der Waals surface area (Å²) in [5, 5.41) is 9.58. The Morgan fingerprint density at radius 3 is 2.52 bits per heavy atom. The highest BCUT2D eigenvalue weighted by molar-refractivity contribution is 5.92. The van der Waals surface area contributed by atoms with Crippen molar-refractivity contribution in [3.8, 4) is 0 Å². The van der Waals surface area contributed by atoms with Gasteiger partial charge in [0.1, 0.15) is 0 Å². The SMILES string of the molecule is O=C(CNCCN1CCNCC1)Nc1ccc(C2CCCCC2)cc1. The van der Waals surface area contributed by atoms with Crippen LogP contribution in [-0.4, -0.2) is 56.6 Å². The van der Waals surface area contributed by atoms with E-state index in [1.165, 1.54) is 37.7 Å². The number of hydrogen-bond donors (Lipinski definition) is 3. The number of nitrogens with one attached hydrogen (secondary N) is 3. The minimum absolute atomic E-state index is 0.0331. The number of hydrogen-bond acceptors (Lipinski definition) is 4. The fourth-order valence-electron chi connectivity index (χ4n) is 3.85. The average molecular weight is 345 g/mol. The number of piperazine rings is 1. The molecule has 0 radical (unpaired) electrons. The van der Waals surface area contributed by atoms with Crippen LogP contribution in [0.2, 0.25) is 0 Å². The monoisotopic (exact) mass is 344 g/mol. The predicted octanol–water partition coefficient (Wildman–Crippen LogP) is 2.17. The third-order valence-corrected chi connectivity index (χ3v) is 5.37. The van der Waals surface area contributed by atoms with Crippen molar-refractivity contribution < 1.29 is 4.79 Å². The van der Waals surface area contributed by atoms with Crippen LogP contribution in [0.3, 0.4) is 0 Å². The molecule has 3 N–H and O–H groups in total. The summed E-state index contributed by atoms with van der Waals surface area (Å²) in [6.07, 6.45) is 6.70. The highest BCUT2D eigenvalue weighted by atomic mass is 16.1. The van der Waals surface area contributed by atoms with E-state index in [1.807, 2.05) is 12.1 Å². The zero-order valence-corrected chi connectivity index (χ0v) is 15.2. The molecule has 1 saturated heterocycles. The number of amides is 1. The molecule has 25 heavy (non-hydrogen) atoms. The van der Waals surface area contributed by atoms with Gasteiger partial charge in [-0.25, -0.2) is 0 Å². The van der Waals surface area contributed by atoms with Crippen molar-refractivity contribution in [2.24, 2.45) is 0 Å². The van der Waals surface area contributed by atoms with Crippen molar-refractivity contribution >= 4 is 11.6 Å². The van der Waals surface area contributed by atoms with Crippen molar-refractivity contribution in [1.82, 2.24) is 15.5 Å². The molecule has 0 aromatic heterocycles. The summed E-state index contributed by atoms with van der Waals surface area (Å²) >= 11 is 0. The second-order valence-corrected chi connectivity index (χ2v) is 7.27. The lowest BCUT2D eigenvalue weighted by atomic mass is 9.84. The molecule has 1 amide bonds. The van der Waals surface area contributed by atoms with Gasteiger partial charge in [0, 0.05) is 45.0 Å². The Bertz CT molecular complexity index is 519. The minimum atomic E-state index is 0.0331. The van der Waals surface area contributed by atoms with Gasteiger partial charge in [-0.3, -0.25) is 9.69 Å². The molecule has 1 heterocycles. The number of carbonyl (C=O) groups excluding carboxylic acids is 1. The van der Waals surface area contributed by atoms with E-state index in [4.69, 9.17) is 0 Å². The first-order chi connectivity index (χ1) is 12.3. The minimum Gasteiger partial charge on any atom is -0.325 e. The second-order valence-electron chi connectivity index (χ2n) is 7.27. The van der Waals surface area contributed by atoms with E-state index in [2.05, 4.69) is 33.0 Å². The molecule has 1 aliphatic carbocycles. The van der Waals surface area contributed by atoms with Crippen LogP contribution in [-0.2, 0) is 4.79 Å². The van der Waals surface area contributed by atoms with Crippen molar-refractivity contribution in [2.45, 2.75) is 38.0 Å². The molecule has 1 aliphatic heterocycles. The fraction of sp³-hybridized carbons (Fsp3) is 0.650. The molecule has 5 nitrogen and oxygen atoms in total. The maximum absolute atomic E-state index is 12.1. The summed E-state index contributed by atoms with van der Waals surface area (Å²) in [7, 11) is 0. The van der Waals surface area contributed by atoms with E-state index in [0.29, 0.717) is 12.5 Å². The number of anilines is 1. The highest BCUT2D eigenvalue weighted by Crippen LogP contribution is 2.32. The van der Waals surface area contributed by atoms with Crippen molar-refractivity contribution in [2.75, 3.05) is 51.1 Å². The molecule has 1 aromatic rings. The first-order valence-electron chi connectivity index (χ1n) is 9.85. The van der Waals surface area contributed by atoms with Gasteiger partial charge in [0.15, 0.2) is 0 Å². The average Bonchev–Trinajstić information content (AvgIpc) is 2.67. The van der Waals surface area contributed by atoms with Crippen LogP contribution in [0.15, 0.2) is 24.3 Å². The predicted molar refractivity (Wildman–Crippen MR) is 103 cm³/mol. The van der Waals surface area contributed by atoms with Gasteiger partial charge in [-0.1, -0.05) is 31.4 Å². The molecule has 5 heteroatoms. The molecule has 2 aliphatic rings. The Hall–Kier alpha value is -1.43. The smallest absolute Gasteiger partial charge is 0.238 e. The number of nitrogens with zero attached hydrogens (tertiary/aromatic N) is 1. The molecule has 3 rings (SSSR count). The Morgan fingerprint density at radius 1 is 1.08 bits per heavy atom. The third-order valence-electron chi connectivity index (χ3n) is 5.37. The van der Waals surface area contributed by atoms with E-state index >= 15 is 0 Å². The summed E-state index contributed by atoms with van der Waals surface area (Å²) in [4.78, 5) is 14.5. The Kier molecular flexibility index (Phi) is 7.27. The Labute approximate surface area is 151 Å². The molecule has 1 saturated carbocycles. The summed E-state index contributed by atoms with van der Waals surface area (Å²) in [6.45, 7) is 6.56. The molecule has 2 fully saturated rings. The number of benzene rings is 1. The van der Waals surface area contributed by atoms with Gasteiger partial charge in [0.2, 0.25) is 5.91 Å². The molecule has 138 valence electrons. The lowest BCUT2D eigenvalue weighted by Crippen LogP contribution is -2.46. The Balaban J connectivity index is 1.34. The Morgan fingerprint density at radius 2 is 1.80 bits per heavy atom. The molecular formula is C20H32N4O. The van der Waals surface area contributed by atoms with E-state index < -0.39 is 0 Å². The van der Waals surface area contributed by atoms with Gasteiger partial charge < -0.3 is 16.0 Å². The van der Waals surface area contributed by atoms with Crippen LogP contribution in [0, 0.1) is 0 Å². The first kappa shape index (κ1) is 18.4. The lowest BCUT2D eigenvalue weighted by Gasteiger charge is -2.27. The van der Waals surface area contributed by atoms with Crippen molar-refractivity contribution in [3.05, 3.63) is 29.8 Å². The van der Waals surface area contributed by atoms with Gasteiger partial charge in [-0.15, -0.1) is 0 Å². The zero-order valence-electron chi connectivity index (χ0n) is 15.2. The normalized spacial score (nSPS) is 19.7. The van der Waals surface area contributed by atoms with Crippen molar-refractivity contribution in [3.63, 3.8) is 0 Å². The van der Waals surface area contributed by atoms with Crippen LogP contribution >= 0.6 is 0 Å². The van der Waals surface area contributed by atoms with E-state index in [-0.39, 0.29) is 5.91 Å². The van der Waals surface area contributed by atoms with E-state index in [0.717, 1.165) is 45.0 Å². The first-order valence-corrected chi connectivity index (χ1v) is 9.85. The standard InChI is InChI=1S/C20H32N4O/c25-20(16-22-12-15-24-13-10-21-11-14-24)23-19-8-6-18(7-9-19)17-4-2-1-3-5-17/h6-9,17,21-22H,1-5,10-16H2,(H,23,25). The van der Waals surface area contributed by atoms with Gasteiger partial charge in [-0.2, -0.15) is 0 Å². The van der Waals surface area contributed by atoms with Crippen LogP contribution in [0.4, 0.5) is 5.69 Å². The lowest BCUT2D eigenvalue weighted by molar-refractivity contribution is -0.115. The largest absolute Gasteiger partial charge is 0.325 e. The van der Waals surface area contributed by atoms with Gasteiger partial charge in [0.05, 0.1) is 6.54 Å². The van der Waals surface area contributed by atoms with Gasteiger partial charge in [0.25, 0.3) is 0 Å². The zero-order chi connectivity index (χ0) is 17.3. The second kappa shape index (κ2) is 9.90. The maximum atomic E-state index is 12.1. The third kappa shape index (κ3) is 6.10. The molecular weight excluding hydrogens is 312 g/mol. The molecule has 0 atom stereocenters.